The molecule has 6 N–H and O–H groups in total. The molecule has 77 heavy (non-hydrogen) atoms. The molecule has 0 saturated carbocycles. The number of nitrogens with zero attached hydrogens (tertiary/aromatic N) is 5. The van der Waals surface area contributed by atoms with Crippen molar-refractivity contribution in [3.8, 4) is 23.0 Å². The lowest BCUT2D eigenvalue weighted by Crippen LogP contribution is -2.63. The van der Waals surface area contributed by atoms with Gasteiger partial charge in [0.15, 0.2) is 0 Å². The number of aliphatic hydroxyl groups excluding tert-OH is 1. The number of alkyl carbamates (subject to hydrolysis) is 2. The summed E-state index contributed by atoms with van der Waals surface area (Å²) in [5, 5.41) is 25.4. The summed E-state index contributed by atoms with van der Waals surface area (Å²) in [5.41, 5.74) is -4.21. The van der Waals surface area contributed by atoms with Crippen molar-refractivity contribution in [2.75, 3.05) is 38.8 Å². The number of methoxy groups -OCH3 is 2. The van der Waals surface area contributed by atoms with Gasteiger partial charge in [-0.15, -0.1) is 0 Å². The molecule has 2 saturated heterocycles. The van der Waals surface area contributed by atoms with Crippen LogP contribution in [0.15, 0.2) is 67.1 Å². The number of rotatable bonds is 18. The van der Waals surface area contributed by atoms with Crippen molar-refractivity contribution >= 4 is 29.8 Å². The van der Waals surface area contributed by atoms with Crippen LogP contribution in [0.5, 0.6) is 0 Å². The third-order valence-corrected chi connectivity index (χ3v) is 13.5. The average molecular weight is 1100 g/mol. The molecule has 3 unspecified atom stereocenters. The van der Waals surface area contributed by atoms with Crippen molar-refractivity contribution in [1.29, 1.82) is 0 Å². The Labute approximate surface area is 435 Å². The number of piperazine rings is 1. The van der Waals surface area contributed by atoms with E-state index in [1.807, 2.05) is 22.9 Å². The summed E-state index contributed by atoms with van der Waals surface area (Å²) >= 11 is 0. The van der Waals surface area contributed by atoms with Gasteiger partial charge in [-0.25, -0.2) is 33.0 Å². The predicted octanol–water partition coefficient (Wildman–Crippen LogP) is 6.51. The number of nitrogens with one attached hydrogen (secondary N) is 5. The van der Waals surface area contributed by atoms with Gasteiger partial charge in [0.1, 0.15) is 29.5 Å². The summed E-state index contributed by atoms with van der Waals surface area (Å²) in [6.07, 6.45) is -10.5. The molecule has 0 radical (unpaired) electrons. The second-order valence-electron chi connectivity index (χ2n) is 19.6. The van der Waals surface area contributed by atoms with Crippen molar-refractivity contribution in [3.05, 3.63) is 101 Å². The number of amides is 4. The summed E-state index contributed by atoms with van der Waals surface area (Å²) in [5.74, 6) is 0.759. The van der Waals surface area contributed by atoms with Gasteiger partial charge in [-0.2, -0.15) is 40.2 Å². The number of benzene rings is 2. The van der Waals surface area contributed by atoms with Crippen molar-refractivity contribution in [1.82, 2.24) is 46.5 Å². The monoisotopic (exact) mass is 1100 g/mol. The zero-order valence-electron chi connectivity index (χ0n) is 42.3. The summed E-state index contributed by atoms with van der Waals surface area (Å²) in [7, 11) is 1.60. The topological polar surface area (TPSA) is 204 Å². The smallest absolute Gasteiger partial charge is 0.407 e. The summed E-state index contributed by atoms with van der Waals surface area (Å²) in [6.45, 7) is -1.47. The van der Waals surface area contributed by atoms with Gasteiger partial charge in [0, 0.05) is 72.9 Å². The van der Waals surface area contributed by atoms with E-state index in [1.165, 1.54) is 24.3 Å². The Kier molecular flexibility index (Phi) is 18.4. The maximum Gasteiger partial charge on any atom is 0.407 e. The van der Waals surface area contributed by atoms with Gasteiger partial charge in [0.05, 0.1) is 43.4 Å². The molecule has 27 heteroatoms. The number of ether oxygens (including phenoxy) is 2. The Balaban J connectivity index is 1.34. The molecule has 6 rings (SSSR count). The lowest BCUT2D eigenvalue weighted by molar-refractivity contribution is -0.221. The Hall–Kier alpha value is -7.18. The van der Waals surface area contributed by atoms with Crippen LogP contribution in [0.4, 0.5) is 59.3 Å². The second kappa shape index (κ2) is 24.0. The van der Waals surface area contributed by atoms with Crippen LogP contribution in [0.2, 0.25) is 0 Å². The predicted molar refractivity (Wildman–Crippen MR) is 256 cm³/mol. The number of fused-ring (bicyclic) bond motifs is 2. The molecule has 4 amide bonds. The highest BCUT2D eigenvalue weighted by molar-refractivity contribution is 5.87. The molecular formula is C50H56F10N10O7. The maximum absolute atomic E-state index is 16.0. The normalized spacial score (nSPS) is 17.4. The zero-order chi connectivity index (χ0) is 56.8. The van der Waals surface area contributed by atoms with E-state index in [2.05, 4.69) is 46.9 Å². The van der Waals surface area contributed by atoms with Crippen molar-refractivity contribution in [2.24, 2.45) is 10.8 Å². The highest BCUT2D eigenvalue weighted by Crippen LogP contribution is 2.42. The molecule has 0 aliphatic carbocycles. The minimum absolute atomic E-state index is 0.173. The molecule has 4 aromatic rings. The van der Waals surface area contributed by atoms with Crippen LogP contribution in [-0.2, 0) is 32.0 Å². The van der Waals surface area contributed by atoms with Crippen LogP contribution < -0.4 is 31.6 Å². The van der Waals surface area contributed by atoms with E-state index in [9.17, 15) is 59.4 Å². The molecule has 2 aliphatic heterocycles. The number of halogens is 10. The molecule has 4 heterocycles. The molecule has 0 spiro atoms. The summed E-state index contributed by atoms with van der Waals surface area (Å²) < 4.78 is 155. The first kappa shape index (κ1) is 59.1. The van der Waals surface area contributed by atoms with Gasteiger partial charge in [-0.1, -0.05) is 24.0 Å². The second-order valence-corrected chi connectivity index (χ2v) is 19.6. The van der Waals surface area contributed by atoms with E-state index >= 15 is 8.78 Å². The quantitative estimate of drug-likeness (QED) is 0.0359. The number of carbonyl (C=O) groups excluding carboxylic acids is 4. The minimum atomic E-state index is -5.23. The number of hydrogen-bond donors (Lipinski definition) is 6. The zero-order valence-corrected chi connectivity index (χ0v) is 42.3. The number of aliphatic hydroxyl groups is 1. The van der Waals surface area contributed by atoms with E-state index < -0.39 is 115 Å². The first-order valence-electron chi connectivity index (χ1n) is 23.8. The number of alkyl halides is 8. The van der Waals surface area contributed by atoms with Crippen LogP contribution >= 0.6 is 0 Å². The lowest BCUT2D eigenvalue weighted by Gasteiger charge is -2.38. The fraction of sp³-hybridized carbons (Fsp3) is 0.480. The highest BCUT2D eigenvalue weighted by atomic mass is 19.4. The molecule has 2 aliphatic rings. The number of aromatic nitrogens is 3. The number of pyridine rings is 1. The number of carbonyl (C=O) groups is 4. The van der Waals surface area contributed by atoms with E-state index in [-0.39, 0.29) is 21.4 Å². The van der Waals surface area contributed by atoms with Crippen molar-refractivity contribution in [3.63, 3.8) is 0 Å². The van der Waals surface area contributed by atoms with Crippen LogP contribution in [0.3, 0.4) is 0 Å². The summed E-state index contributed by atoms with van der Waals surface area (Å²) in [4.78, 5) is 59.5. The van der Waals surface area contributed by atoms with E-state index in [4.69, 9.17) is 0 Å². The van der Waals surface area contributed by atoms with Gasteiger partial charge in [0.2, 0.25) is 5.91 Å². The third-order valence-electron chi connectivity index (χ3n) is 13.5. The molecule has 2 aromatic heterocycles. The molecular weight excluding hydrogens is 1040 g/mol. The Morgan fingerprint density at radius 3 is 1.81 bits per heavy atom. The van der Waals surface area contributed by atoms with Crippen LogP contribution in [0.1, 0.15) is 69.3 Å². The molecule has 2 bridgehead atoms. The molecule has 418 valence electrons. The molecule has 6 atom stereocenters. The van der Waals surface area contributed by atoms with Gasteiger partial charge >= 0.3 is 31.1 Å². The minimum Gasteiger partial charge on any atom is -0.453 e. The van der Waals surface area contributed by atoms with Crippen molar-refractivity contribution in [2.45, 2.75) is 109 Å². The number of hydrogen-bond acceptors (Lipinski definition) is 12. The number of anilines is 1. The van der Waals surface area contributed by atoms with Gasteiger partial charge in [-0.3, -0.25) is 15.0 Å². The number of hydrazine groups is 1. The molecule has 2 aromatic carbocycles. The Morgan fingerprint density at radius 1 is 0.779 bits per heavy atom. The third kappa shape index (κ3) is 14.5. The SMILES string of the molecule is COC(=O)NC(C(=O)N[C@@H](Cc1ccc(C#Cc2ccc(N3CC4CCC(C3)N4)nc2)cc1)[C@@H](O)CN(Cc1c(F)cc(-c2cnn(C(F)F)c2)cc1F)NC(=O)[C@@H](NC(=O)OC)C(C)(C)C(F)(F)F)C(C)(C)C(F)(F)F. The Bertz CT molecular complexity index is 2770. The first-order chi connectivity index (χ1) is 36.0. The highest BCUT2D eigenvalue weighted by Gasteiger charge is 2.57. The summed E-state index contributed by atoms with van der Waals surface area (Å²) in [6, 6.07) is 5.11. The fourth-order valence-corrected chi connectivity index (χ4v) is 8.56. The molecule has 17 nitrogen and oxygen atoms in total. The lowest BCUT2D eigenvalue weighted by atomic mass is 9.82. The average Bonchev–Trinajstić information content (AvgIpc) is 4.00. The van der Waals surface area contributed by atoms with Crippen LogP contribution in [0.25, 0.3) is 11.1 Å². The van der Waals surface area contributed by atoms with Crippen LogP contribution in [-0.4, -0.2) is 131 Å². The fourth-order valence-electron chi connectivity index (χ4n) is 8.56. The first-order valence-corrected chi connectivity index (χ1v) is 23.8. The largest absolute Gasteiger partial charge is 0.453 e. The maximum atomic E-state index is 16.0. The van der Waals surface area contributed by atoms with Gasteiger partial charge < -0.3 is 40.7 Å². The van der Waals surface area contributed by atoms with E-state index in [0.717, 1.165) is 58.4 Å². The van der Waals surface area contributed by atoms with E-state index in [0.29, 0.717) is 68.0 Å². The van der Waals surface area contributed by atoms with Crippen molar-refractivity contribution < 1.29 is 77.7 Å². The van der Waals surface area contributed by atoms with Gasteiger partial charge in [0.25, 0.3) is 5.91 Å². The van der Waals surface area contributed by atoms with Crippen LogP contribution in [0, 0.1) is 34.3 Å². The Morgan fingerprint density at radius 2 is 1.31 bits per heavy atom. The van der Waals surface area contributed by atoms with Gasteiger partial charge in [-0.05, 0) is 94.5 Å². The van der Waals surface area contributed by atoms with E-state index in [1.54, 1.807) is 11.5 Å². The standard InChI is InChI=1S/C50H56F10N10O7/c1-47(2,49(55,56)57)40(65-45(74)76-5)42(72)64-37(17-28-10-7-27(8-11-28)9-12-29-13-16-39(61-20-29)68-23-32-14-15-33(24-68)63-32)38(71)26-69(67-43(73)41(66-46(75)77-6)48(3,4)50(58,59)60)25-34-35(51)18-30(19-36(34)52)31-21-62-70(22-31)44(53)54/h7-8,10-11,13,16,18-22,32-33,37-38,40-41,44,63,71H,14-15,17,23-26H2,1-6H3,(H,64,72)(H,65,74)(H,66,75)(H,67,73)/t32?,33?,37-,38-,40?,41+/m0/s1. The molecule has 2 fully saturated rings.